The van der Waals surface area contributed by atoms with Crippen LogP contribution < -0.4 is 11.1 Å². The van der Waals surface area contributed by atoms with E-state index in [4.69, 9.17) is 5.73 Å². The van der Waals surface area contributed by atoms with Crippen molar-refractivity contribution in [2.45, 2.75) is 6.92 Å². The van der Waals surface area contributed by atoms with E-state index in [2.05, 4.69) is 10.3 Å². The van der Waals surface area contributed by atoms with E-state index in [1.807, 2.05) is 0 Å². The van der Waals surface area contributed by atoms with Crippen LogP contribution in [0.25, 0.3) is 0 Å². The SMILES string of the molecule is Cc1ccc(F)c(Nc2ccnc(N)c2)c1F. The van der Waals surface area contributed by atoms with Crippen LogP contribution in [0.5, 0.6) is 0 Å². The lowest BCUT2D eigenvalue weighted by Gasteiger charge is -2.10. The van der Waals surface area contributed by atoms with Crippen LogP contribution in [0.2, 0.25) is 0 Å². The van der Waals surface area contributed by atoms with Crippen molar-refractivity contribution in [2.75, 3.05) is 11.1 Å². The Bertz CT molecular complexity index is 555. The Morgan fingerprint density at radius 2 is 2.00 bits per heavy atom. The van der Waals surface area contributed by atoms with Crippen LogP contribution in [0.4, 0.5) is 26.0 Å². The molecular formula is C12H11F2N3. The van der Waals surface area contributed by atoms with Crippen LogP contribution in [-0.4, -0.2) is 4.98 Å². The molecule has 1 aromatic heterocycles. The number of nitrogens with zero attached hydrogens (tertiary/aromatic N) is 1. The Kier molecular flexibility index (Phi) is 2.91. The predicted molar refractivity (Wildman–Crippen MR) is 63.0 cm³/mol. The molecule has 0 aliphatic rings. The van der Waals surface area contributed by atoms with Crippen molar-refractivity contribution < 1.29 is 8.78 Å². The Balaban J connectivity index is 2.39. The summed E-state index contributed by atoms with van der Waals surface area (Å²) in [6.45, 7) is 1.57. The first-order valence-electron chi connectivity index (χ1n) is 5.01. The molecule has 0 saturated heterocycles. The van der Waals surface area contributed by atoms with E-state index in [0.717, 1.165) is 0 Å². The normalized spacial score (nSPS) is 10.3. The monoisotopic (exact) mass is 235 g/mol. The molecule has 88 valence electrons. The van der Waals surface area contributed by atoms with Gasteiger partial charge >= 0.3 is 0 Å². The van der Waals surface area contributed by atoms with Gasteiger partial charge in [0.2, 0.25) is 0 Å². The molecule has 2 rings (SSSR count). The van der Waals surface area contributed by atoms with Crippen LogP contribution in [-0.2, 0) is 0 Å². The summed E-state index contributed by atoms with van der Waals surface area (Å²) < 4.78 is 27.2. The van der Waals surface area contributed by atoms with Gasteiger partial charge < -0.3 is 11.1 Å². The van der Waals surface area contributed by atoms with Crippen LogP contribution in [0, 0.1) is 18.6 Å². The summed E-state index contributed by atoms with van der Waals surface area (Å²) in [5.74, 6) is -0.979. The van der Waals surface area contributed by atoms with E-state index in [-0.39, 0.29) is 11.5 Å². The number of benzene rings is 1. The fourth-order valence-corrected chi connectivity index (χ4v) is 1.44. The third kappa shape index (κ3) is 2.33. The Morgan fingerprint density at radius 3 is 2.71 bits per heavy atom. The number of aryl methyl sites for hydroxylation is 1. The van der Waals surface area contributed by atoms with Gasteiger partial charge in [0, 0.05) is 18.0 Å². The molecule has 1 aromatic carbocycles. The van der Waals surface area contributed by atoms with Crippen molar-refractivity contribution >= 4 is 17.2 Å². The van der Waals surface area contributed by atoms with Crippen molar-refractivity contribution in [1.82, 2.24) is 4.98 Å². The van der Waals surface area contributed by atoms with Crippen LogP contribution in [0.15, 0.2) is 30.5 Å². The predicted octanol–water partition coefficient (Wildman–Crippen LogP) is 2.99. The van der Waals surface area contributed by atoms with Gasteiger partial charge in [0.25, 0.3) is 0 Å². The summed E-state index contributed by atoms with van der Waals surface area (Å²) in [5, 5.41) is 2.65. The number of hydrogen-bond donors (Lipinski definition) is 2. The molecular weight excluding hydrogens is 224 g/mol. The van der Waals surface area contributed by atoms with E-state index in [1.165, 1.54) is 24.4 Å². The van der Waals surface area contributed by atoms with Crippen molar-refractivity contribution in [2.24, 2.45) is 0 Å². The largest absolute Gasteiger partial charge is 0.384 e. The maximum absolute atomic E-state index is 13.7. The zero-order chi connectivity index (χ0) is 12.4. The molecule has 0 aliphatic heterocycles. The maximum atomic E-state index is 13.7. The summed E-state index contributed by atoms with van der Waals surface area (Å²) in [4.78, 5) is 3.79. The molecule has 0 radical (unpaired) electrons. The molecule has 0 aliphatic carbocycles. The standard InChI is InChI=1S/C12H11F2N3/c1-7-2-3-9(13)12(11(7)14)17-8-4-5-16-10(15)6-8/h2-6H,1H3,(H3,15,16,17). The average Bonchev–Trinajstić information content (AvgIpc) is 2.30. The fraction of sp³-hybridized carbons (Fsp3) is 0.0833. The molecule has 0 bridgehead atoms. The van der Waals surface area contributed by atoms with Gasteiger partial charge in [-0.05, 0) is 24.6 Å². The van der Waals surface area contributed by atoms with Crippen molar-refractivity contribution in [3.63, 3.8) is 0 Å². The Morgan fingerprint density at radius 1 is 1.24 bits per heavy atom. The molecule has 0 atom stereocenters. The lowest BCUT2D eigenvalue weighted by atomic mass is 10.2. The second kappa shape index (κ2) is 4.37. The first-order chi connectivity index (χ1) is 8.08. The van der Waals surface area contributed by atoms with Crippen LogP contribution in [0.1, 0.15) is 5.56 Å². The third-order valence-electron chi connectivity index (χ3n) is 2.33. The number of nitrogens with two attached hydrogens (primary N) is 1. The molecule has 3 nitrogen and oxygen atoms in total. The number of anilines is 3. The van der Waals surface area contributed by atoms with Gasteiger partial charge in [-0.3, -0.25) is 0 Å². The van der Waals surface area contributed by atoms with Crippen LogP contribution in [0.3, 0.4) is 0 Å². The maximum Gasteiger partial charge on any atom is 0.152 e. The van der Waals surface area contributed by atoms with Gasteiger partial charge in [0.1, 0.15) is 17.3 Å². The molecule has 1 heterocycles. The summed E-state index contributed by atoms with van der Waals surface area (Å²) >= 11 is 0. The summed E-state index contributed by atoms with van der Waals surface area (Å²) in [6, 6.07) is 5.68. The van der Waals surface area contributed by atoms with Gasteiger partial charge in [-0.25, -0.2) is 13.8 Å². The molecule has 0 fully saturated rings. The minimum atomic E-state index is -0.650. The Labute approximate surface area is 97.3 Å². The highest BCUT2D eigenvalue weighted by atomic mass is 19.1. The van der Waals surface area contributed by atoms with E-state index >= 15 is 0 Å². The zero-order valence-electron chi connectivity index (χ0n) is 9.17. The lowest BCUT2D eigenvalue weighted by Crippen LogP contribution is -2.00. The van der Waals surface area contributed by atoms with Crippen LogP contribution >= 0.6 is 0 Å². The van der Waals surface area contributed by atoms with Crippen molar-refractivity contribution in [3.05, 3.63) is 47.7 Å². The van der Waals surface area contributed by atoms with Gasteiger partial charge in [-0.15, -0.1) is 0 Å². The lowest BCUT2D eigenvalue weighted by molar-refractivity contribution is 0.585. The number of nitrogen functional groups attached to an aromatic ring is 1. The first-order valence-corrected chi connectivity index (χ1v) is 5.01. The molecule has 5 heteroatoms. The highest BCUT2D eigenvalue weighted by molar-refractivity contribution is 5.63. The minimum absolute atomic E-state index is 0.185. The smallest absolute Gasteiger partial charge is 0.152 e. The van der Waals surface area contributed by atoms with Crippen molar-refractivity contribution in [1.29, 1.82) is 0 Å². The summed E-state index contributed by atoms with van der Waals surface area (Å²) in [5.41, 5.74) is 6.15. The highest BCUT2D eigenvalue weighted by Gasteiger charge is 2.11. The van der Waals surface area contributed by atoms with E-state index < -0.39 is 11.6 Å². The number of nitrogens with one attached hydrogen (secondary N) is 1. The molecule has 0 saturated carbocycles. The number of halogens is 2. The third-order valence-corrected chi connectivity index (χ3v) is 2.33. The van der Waals surface area contributed by atoms with E-state index in [1.54, 1.807) is 13.0 Å². The number of pyridine rings is 1. The number of hydrogen-bond acceptors (Lipinski definition) is 3. The molecule has 2 aromatic rings. The number of rotatable bonds is 2. The van der Waals surface area contributed by atoms with Gasteiger partial charge in [-0.1, -0.05) is 6.07 Å². The second-order valence-corrected chi connectivity index (χ2v) is 3.65. The molecule has 17 heavy (non-hydrogen) atoms. The van der Waals surface area contributed by atoms with E-state index in [9.17, 15) is 8.78 Å². The molecule has 0 spiro atoms. The highest BCUT2D eigenvalue weighted by Crippen LogP contribution is 2.25. The molecule has 0 amide bonds. The van der Waals surface area contributed by atoms with Gasteiger partial charge in [0.15, 0.2) is 5.82 Å². The van der Waals surface area contributed by atoms with Gasteiger partial charge in [0.05, 0.1) is 0 Å². The molecule has 3 N–H and O–H groups in total. The summed E-state index contributed by atoms with van der Waals surface area (Å²) in [7, 11) is 0. The average molecular weight is 235 g/mol. The second-order valence-electron chi connectivity index (χ2n) is 3.65. The van der Waals surface area contributed by atoms with Crippen molar-refractivity contribution in [3.8, 4) is 0 Å². The topological polar surface area (TPSA) is 50.9 Å². The van der Waals surface area contributed by atoms with Gasteiger partial charge in [-0.2, -0.15) is 0 Å². The zero-order valence-corrected chi connectivity index (χ0v) is 9.17. The quantitative estimate of drug-likeness (QED) is 0.841. The van der Waals surface area contributed by atoms with E-state index in [0.29, 0.717) is 11.3 Å². The number of aromatic nitrogens is 1. The fourth-order valence-electron chi connectivity index (χ4n) is 1.44. The Hall–Kier alpha value is -2.17. The molecule has 0 unspecified atom stereocenters. The minimum Gasteiger partial charge on any atom is -0.384 e. The summed E-state index contributed by atoms with van der Waals surface area (Å²) in [6.07, 6.45) is 1.46. The first kappa shape index (κ1) is 11.3.